The third-order valence-electron chi connectivity index (χ3n) is 5.19. The lowest BCUT2D eigenvalue weighted by molar-refractivity contribution is -0.132. The summed E-state index contributed by atoms with van der Waals surface area (Å²) in [5.74, 6) is 1.04. The summed E-state index contributed by atoms with van der Waals surface area (Å²) in [5, 5.41) is 6.62. The molecule has 3 rings (SSSR count). The topological polar surface area (TPSA) is 56.7 Å². The van der Waals surface area contributed by atoms with E-state index < -0.39 is 0 Å². The van der Waals surface area contributed by atoms with Gasteiger partial charge in [0.05, 0.1) is 6.54 Å². The second kappa shape index (κ2) is 10.6. The minimum Gasteiger partial charge on any atom is -0.357 e. The Morgan fingerprint density at radius 2 is 1.93 bits per heavy atom. The second-order valence-corrected chi connectivity index (χ2v) is 7.55. The predicted octanol–water partition coefficient (Wildman–Crippen LogP) is 3.42. The first kappa shape index (κ1) is 20.9. The SMILES string of the molecule is CCNC(=NCc1cccc(C)c1)NCCCC(=O)N1CCc2ccccc2C1. The molecule has 1 amide bonds. The Morgan fingerprint density at radius 1 is 1.10 bits per heavy atom. The molecule has 0 atom stereocenters. The van der Waals surface area contributed by atoms with Crippen molar-refractivity contribution in [3.8, 4) is 0 Å². The summed E-state index contributed by atoms with van der Waals surface area (Å²) < 4.78 is 0. The number of nitrogens with one attached hydrogen (secondary N) is 2. The molecule has 0 saturated carbocycles. The Morgan fingerprint density at radius 3 is 2.72 bits per heavy atom. The molecule has 0 bridgehead atoms. The van der Waals surface area contributed by atoms with Crippen molar-refractivity contribution < 1.29 is 4.79 Å². The van der Waals surface area contributed by atoms with Gasteiger partial charge in [-0.15, -0.1) is 0 Å². The first-order valence-corrected chi connectivity index (χ1v) is 10.6. The molecule has 5 heteroatoms. The zero-order valence-corrected chi connectivity index (χ0v) is 17.6. The fraction of sp³-hybridized carbons (Fsp3) is 0.417. The molecule has 29 heavy (non-hydrogen) atoms. The number of carbonyl (C=O) groups excluding carboxylic acids is 1. The minimum atomic E-state index is 0.239. The van der Waals surface area contributed by atoms with Crippen molar-refractivity contribution in [2.45, 2.75) is 46.2 Å². The van der Waals surface area contributed by atoms with E-state index in [4.69, 9.17) is 0 Å². The molecule has 0 spiro atoms. The van der Waals surface area contributed by atoms with Crippen molar-refractivity contribution in [1.29, 1.82) is 0 Å². The average Bonchev–Trinajstić information content (AvgIpc) is 2.74. The van der Waals surface area contributed by atoms with Gasteiger partial charge in [0, 0.05) is 32.6 Å². The molecule has 1 aliphatic rings. The van der Waals surface area contributed by atoms with Crippen LogP contribution in [0.2, 0.25) is 0 Å². The molecular weight excluding hydrogens is 360 g/mol. The van der Waals surface area contributed by atoms with Crippen LogP contribution in [0.3, 0.4) is 0 Å². The minimum absolute atomic E-state index is 0.239. The number of hydrogen-bond donors (Lipinski definition) is 2. The van der Waals surface area contributed by atoms with E-state index in [-0.39, 0.29) is 5.91 Å². The molecule has 0 aliphatic carbocycles. The van der Waals surface area contributed by atoms with Crippen LogP contribution in [0.25, 0.3) is 0 Å². The van der Waals surface area contributed by atoms with Crippen LogP contribution >= 0.6 is 0 Å². The number of guanidine groups is 1. The van der Waals surface area contributed by atoms with Crippen LogP contribution in [0, 0.1) is 6.92 Å². The van der Waals surface area contributed by atoms with E-state index in [0.29, 0.717) is 13.0 Å². The van der Waals surface area contributed by atoms with Crippen molar-refractivity contribution in [1.82, 2.24) is 15.5 Å². The number of nitrogens with zero attached hydrogens (tertiary/aromatic N) is 2. The average molecular weight is 393 g/mol. The Kier molecular flexibility index (Phi) is 7.68. The van der Waals surface area contributed by atoms with Crippen molar-refractivity contribution in [2.24, 2.45) is 4.99 Å². The number of aryl methyl sites for hydroxylation is 1. The predicted molar refractivity (Wildman–Crippen MR) is 119 cm³/mol. The number of carbonyl (C=O) groups is 1. The van der Waals surface area contributed by atoms with Gasteiger partial charge in [0.1, 0.15) is 0 Å². The van der Waals surface area contributed by atoms with Crippen LogP contribution in [0.15, 0.2) is 53.5 Å². The molecule has 2 aromatic carbocycles. The maximum Gasteiger partial charge on any atom is 0.222 e. The van der Waals surface area contributed by atoms with Gasteiger partial charge in [-0.2, -0.15) is 0 Å². The van der Waals surface area contributed by atoms with Gasteiger partial charge in [-0.1, -0.05) is 54.1 Å². The molecule has 0 aromatic heterocycles. The zero-order chi connectivity index (χ0) is 20.5. The highest BCUT2D eigenvalue weighted by atomic mass is 16.2. The molecule has 2 N–H and O–H groups in total. The number of hydrogen-bond acceptors (Lipinski definition) is 2. The highest BCUT2D eigenvalue weighted by molar-refractivity contribution is 5.80. The smallest absolute Gasteiger partial charge is 0.222 e. The Labute approximate surface area is 174 Å². The van der Waals surface area contributed by atoms with Gasteiger partial charge in [-0.05, 0) is 43.4 Å². The fourth-order valence-electron chi connectivity index (χ4n) is 3.64. The normalized spacial score (nSPS) is 13.7. The lowest BCUT2D eigenvalue weighted by Crippen LogP contribution is -2.39. The molecule has 0 radical (unpaired) electrons. The highest BCUT2D eigenvalue weighted by Gasteiger charge is 2.19. The number of aliphatic imine (C=N–C) groups is 1. The summed E-state index contributed by atoms with van der Waals surface area (Å²) in [7, 11) is 0. The molecule has 2 aromatic rings. The molecule has 5 nitrogen and oxygen atoms in total. The summed E-state index contributed by atoms with van der Waals surface area (Å²) in [4.78, 5) is 19.2. The summed E-state index contributed by atoms with van der Waals surface area (Å²) in [6, 6.07) is 16.8. The monoisotopic (exact) mass is 392 g/mol. The summed E-state index contributed by atoms with van der Waals surface area (Å²) in [5.41, 5.74) is 5.10. The van der Waals surface area contributed by atoms with Gasteiger partial charge in [0.25, 0.3) is 0 Å². The van der Waals surface area contributed by atoms with Crippen molar-refractivity contribution >= 4 is 11.9 Å². The van der Waals surface area contributed by atoms with Gasteiger partial charge >= 0.3 is 0 Å². The second-order valence-electron chi connectivity index (χ2n) is 7.55. The largest absolute Gasteiger partial charge is 0.357 e. The van der Waals surface area contributed by atoms with E-state index in [1.165, 1.54) is 22.3 Å². The van der Waals surface area contributed by atoms with Gasteiger partial charge in [-0.25, -0.2) is 4.99 Å². The summed E-state index contributed by atoms with van der Waals surface area (Å²) in [6.07, 6.45) is 2.31. The van der Waals surface area contributed by atoms with Crippen molar-refractivity contribution in [3.05, 3.63) is 70.8 Å². The van der Waals surface area contributed by atoms with E-state index in [2.05, 4.69) is 78.0 Å². The number of amides is 1. The number of benzene rings is 2. The van der Waals surface area contributed by atoms with Crippen LogP contribution < -0.4 is 10.6 Å². The molecule has 0 unspecified atom stereocenters. The molecule has 0 fully saturated rings. The van der Waals surface area contributed by atoms with Crippen LogP contribution in [-0.2, 0) is 24.3 Å². The van der Waals surface area contributed by atoms with Crippen molar-refractivity contribution in [2.75, 3.05) is 19.6 Å². The fourth-order valence-corrected chi connectivity index (χ4v) is 3.64. The van der Waals surface area contributed by atoms with E-state index in [1.807, 2.05) is 4.90 Å². The maximum atomic E-state index is 12.6. The molecular formula is C24H32N4O. The van der Waals surface area contributed by atoms with Crippen molar-refractivity contribution in [3.63, 3.8) is 0 Å². The van der Waals surface area contributed by atoms with E-state index >= 15 is 0 Å². The molecule has 154 valence electrons. The Balaban J connectivity index is 1.43. The highest BCUT2D eigenvalue weighted by Crippen LogP contribution is 2.19. The van der Waals surface area contributed by atoms with Crippen LogP contribution in [0.1, 0.15) is 42.0 Å². The maximum absolute atomic E-state index is 12.6. The molecule has 0 saturated heterocycles. The van der Waals surface area contributed by atoms with Gasteiger partial charge < -0.3 is 15.5 Å². The molecule has 1 aliphatic heterocycles. The quantitative estimate of drug-likeness (QED) is 0.431. The van der Waals surface area contributed by atoms with Gasteiger partial charge in [0.15, 0.2) is 5.96 Å². The Bertz CT molecular complexity index is 846. The Hall–Kier alpha value is -2.82. The molecule has 1 heterocycles. The first-order chi connectivity index (χ1) is 14.2. The summed E-state index contributed by atoms with van der Waals surface area (Å²) in [6.45, 7) is 7.90. The van der Waals surface area contributed by atoms with Gasteiger partial charge in [-0.3, -0.25) is 4.79 Å². The van der Waals surface area contributed by atoms with E-state index in [1.54, 1.807) is 0 Å². The van der Waals surface area contributed by atoms with E-state index in [9.17, 15) is 4.79 Å². The van der Waals surface area contributed by atoms with Crippen LogP contribution in [-0.4, -0.2) is 36.4 Å². The number of rotatable bonds is 7. The lowest BCUT2D eigenvalue weighted by Gasteiger charge is -2.29. The van der Waals surface area contributed by atoms with Crippen LogP contribution in [0.5, 0.6) is 0 Å². The lowest BCUT2D eigenvalue weighted by atomic mass is 9.99. The summed E-state index contributed by atoms with van der Waals surface area (Å²) >= 11 is 0. The third kappa shape index (κ3) is 6.34. The van der Waals surface area contributed by atoms with Crippen LogP contribution in [0.4, 0.5) is 0 Å². The zero-order valence-electron chi connectivity index (χ0n) is 17.6. The number of fused-ring (bicyclic) bond motifs is 1. The standard InChI is InChI=1S/C24H32N4O/c1-3-25-24(27-17-20-9-6-8-19(2)16-20)26-14-7-12-23(29)28-15-13-21-10-4-5-11-22(21)18-28/h4-6,8-11,16H,3,7,12-15,17-18H2,1-2H3,(H2,25,26,27). The third-order valence-corrected chi connectivity index (χ3v) is 5.19. The van der Waals surface area contributed by atoms with E-state index in [0.717, 1.165) is 45.0 Å². The first-order valence-electron chi connectivity index (χ1n) is 10.6. The van der Waals surface area contributed by atoms with Gasteiger partial charge in [0.2, 0.25) is 5.91 Å².